The number of carbonyl (C=O) groups excluding carboxylic acids is 1. The molecule has 21 heavy (non-hydrogen) atoms. The van der Waals surface area contributed by atoms with E-state index in [0.29, 0.717) is 11.3 Å². The molecule has 0 fully saturated rings. The molecule has 2 heterocycles. The number of amides is 1. The number of hydrogen-bond donors (Lipinski definition) is 2. The molecule has 0 aliphatic rings. The Morgan fingerprint density at radius 1 is 1.38 bits per heavy atom. The minimum absolute atomic E-state index is 0.242. The molecule has 0 radical (unpaired) electrons. The number of anilines is 1. The van der Waals surface area contributed by atoms with Crippen LogP contribution in [0.15, 0.2) is 36.8 Å². The smallest absolute Gasteiger partial charge is 0.328 e. The second-order valence-corrected chi connectivity index (χ2v) is 4.19. The van der Waals surface area contributed by atoms with Crippen molar-refractivity contribution < 1.29 is 14.7 Å². The zero-order valence-electron chi connectivity index (χ0n) is 11.4. The minimum Gasteiger partial charge on any atom is -0.478 e. The number of carboxylic acid groups (broad SMARTS) is 1. The van der Waals surface area contributed by atoms with E-state index in [1.807, 2.05) is 6.92 Å². The summed E-state index contributed by atoms with van der Waals surface area (Å²) in [5, 5.41) is 15.3. The fraction of sp³-hybridized carbons (Fsp3) is 0.143. The van der Waals surface area contributed by atoms with Gasteiger partial charge in [-0.3, -0.25) is 14.5 Å². The quantitative estimate of drug-likeness (QED) is 0.814. The molecule has 0 aliphatic heterocycles. The number of carboxylic acids is 1. The number of aryl methyl sites for hydroxylation is 1. The lowest BCUT2D eigenvalue weighted by Crippen LogP contribution is -2.13. The van der Waals surface area contributed by atoms with Gasteiger partial charge < -0.3 is 10.4 Å². The number of rotatable bonds is 5. The van der Waals surface area contributed by atoms with Gasteiger partial charge in [-0.25, -0.2) is 4.79 Å². The van der Waals surface area contributed by atoms with Gasteiger partial charge in [0.1, 0.15) is 5.69 Å². The Kier molecular flexibility index (Phi) is 4.45. The third-order valence-electron chi connectivity index (χ3n) is 2.65. The summed E-state index contributed by atoms with van der Waals surface area (Å²) in [4.78, 5) is 26.4. The second kappa shape index (κ2) is 6.47. The van der Waals surface area contributed by atoms with E-state index in [1.54, 1.807) is 23.1 Å². The van der Waals surface area contributed by atoms with Crippen LogP contribution < -0.4 is 5.32 Å². The van der Waals surface area contributed by atoms with Crippen molar-refractivity contribution in [3.8, 4) is 0 Å². The Bertz CT molecular complexity index is 674. The summed E-state index contributed by atoms with van der Waals surface area (Å²) in [7, 11) is 0. The van der Waals surface area contributed by atoms with Crippen molar-refractivity contribution in [3.05, 3.63) is 48.1 Å². The molecule has 0 saturated carbocycles. The first-order chi connectivity index (χ1) is 10.1. The Hall–Kier alpha value is -2.96. The van der Waals surface area contributed by atoms with E-state index in [-0.39, 0.29) is 11.6 Å². The van der Waals surface area contributed by atoms with Crippen LogP contribution in [-0.2, 0) is 11.3 Å². The van der Waals surface area contributed by atoms with Gasteiger partial charge in [0, 0.05) is 25.0 Å². The van der Waals surface area contributed by atoms with E-state index < -0.39 is 5.97 Å². The zero-order valence-corrected chi connectivity index (χ0v) is 11.4. The molecule has 108 valence electrons. The monoisotopic (exact) mass is 286 g/mol. The molecule has 1 amide bonds. The molecule has 2 N–H and O–H groups in total. The normalized spacial score (nSPS) is 10.7. The third kappa shape index (κ3) is 4.00. The van der Waals surface area contributed by atoms with Gasteiger partial charge in [0.25, 0.3) is 5.91 Å². The number of nitrogens with one attached hydrogen (secondary N) is 1. The van der Waals surface area contributed by atoms with E-state index in [0.717, 1.165) is 12.6 Å². The molecule has 0 saturated heterocycles. The van der Waals surface area contributed by atoms with Crippen molar-refractivity contribution >= 4 is 23.6 Å². The second-order valence-electron chi connectivity index (χ2n) is 4.19. The van der Waals surface area contributed by atoms with Crippen LogP contribution in [0.5, 0.6) is 0 Å². The molecule has 0 unspecified atom stereocenters. The standard InChI is InChI=1S/C14H14N4O3/c1-2-18-9-11(8-16-18)17-14(21)12-5-3-10(7-15-12)4-6-13(19)20/h3-9H,2H2,1H3,(H,17,21)(H,19,20). The highest BCUT2D eigenvalue weighted by atomic mass is 16.4. The number of aromatic nitrogens is 3. The van der Waals surface area contributed by atoms with E-state index in [2.05, 4.69) is 15.4 Å². The van der Waals surface area contributed by atoms with Gasteiger partial charge in [-0.05, 0) is 24.6 Å². The van der Waals surface area contributed by atoms with Crippen molar-refractivity contribution in [3.63, 3.8) is 0 Å². The molecule has 7 nitrogen and oxygen atoms in total. The Morgan fingerprint density at radius 2 is 2.19 bits per heavy atom. The molecule has 0 atom stereocenters. The van der Waals surface area contributed by atoms with E-state index in [4.69, 9.17) is 5.11 Å². The molecule has 2 aromatic rings. The van der Waals surface area contributed by atoms with Crippen LogP contribution in [0.25, 0.3) is 6.08 Å². The highest BCUT2D eigenvalue weighted by Crippen LogP contribution is 2.08. The number of carbonyl (C=O) groups is 2. The van der Waals surface area contributed by atoms with Crippen LogP contribution in [0, 0.1) is 0 Å². The van der Waals surface area contributed by atoms with Crippen molar-refractivity contribution in [2.75, 3.05) is 5.32 Å². The Balaban J connectivity index is 2.04. The molecule has 2 aromatic heterocycles. The maximum Gasteiger partial charge on any atom is 0.328 e. The Morgan fingerprint density at radius 3 is 2.76 bits per heavy atom. The van der Waals surface area contributed by atoms with E-state index in [9.17, 15) is 9.59 Å². The molecule has 2 rings (SSSR count). The predicted octanol–water partition coefficient (Wildman–Crippen LogP) is 1.65. The summed E-state index contributed by atoms with van der Waals surface area (Å²) in [6.45, 7) is 2.67. The number of pyridine rings is 1. The van der Waals surface area contributed by atoms with Crippen molar-refractivity contribution in [1.82, 2.24) is 14.8 Å². The van der Waals surface area contributed by atoms with E-state index >= 15 is 0 Å². The zero-order chi connectivity index (χ0) is 15.2. The summed E-state index contributed by atoms with van der Waals surface area (Å²) in [5.41, 5.74) is 1.44. The van der Waals surface area contributed by atoms with Gasteiger partial charge in [0.15, 0.2) is 0 Å². The third-order valence-corrected chi connectivity index (χ3v) is 2.65. The lowest BCUT2D eigenvalue weighted by molar-refractivity contribution is -0.131. The number of aliphatic carboxylic acids is 1. The highest BCUT2D eigenvalue weighted by molar-refractivity contribution is 6.02. The van der Waals surface area contributed by atoms with Crippen LogP contribution >= 0.6 is 0 Å². The van der Waals surface area contributed by atoms with Crippen molar-refractivity contribution in [1.29, 1.82) is 0 Å². The number of nitrogens with zero attached hydrogens (tertiary/aromatic N) is 3. The molecule has 7 heteroatoms. The molecular formula is C14H14N4O3. The topological polar surface area (TPSA) is 97.1 Å². The summed E-state index contributed by atoms with van der Waals surface area (Å²) >= 11 is 0. The Labute approximate surface area is 120 Å². The highest BCUT2D eigenvalue weighted by Gasteiger charge is 2.08. The maximum atomic E-state index is 12.0. The van der Waals surface area contributed by atoms with Crippen LogP contribution in [0.3, 0.4) is 0 Å². The number of hydrogen-bond acceptors (Lipinski definition) is 4. The van der Waals surface area contributed by atoms with Crippen molar-refractivity contribution in [2.24, 2.45) is 0 Å². The van der Waals surface area contributed by atoms with Crippen molar-refractivity contribution in [2.45, 2.75) is 13.5 Å². The van der Waals surface area contributed by atoms with Crippen LogP contribution in [0.2, 0.25) is 0 Å². The molecule has 0 spiro atoms. The lowest BCUT2D eigenvalue weighted by Gasteiger charge is -2.02. The van der Waals surface area contributed by atoms with Gasteiger partial charge >= 0.3 is 5.97 Å². The average molecular weight is 286 g/mol. The first-order valence-electron chi connectivity index (χ1n) is 6.29. The predicted molar refractivity (Wildman–Crippen MR) is 76.8 cm³/mol. The van der Waals surface area contributed by atoms with Crippen LogP contribution in [0.4, 0.5) is 5.69 Å². The fourth-order valence-corrected chi connectivity index (χ4v) is 1.60. The maximum absolute atomic E-state index is 12.0. The minimum atomic E-state index is -1.04. The largest absolute Gasteiger partial charge is 0.478 e. The summed E-state index contributed by atoms with van der Waals surface area (Å²) in [6.07, 6.45) is 7.13. The van der Waals surface area contributed by atoms with Gasteiger partial charge in [-0.1, -0.05) is 6.07 Å². The van der Waals surface area contributed by atoms with Gasteiger partial charge in [0.2, 0.25) is 0 Å². The fourth-order valence-electron chi connectivity index (χ4n) is 1.60. The van der Waals surface area contributed by atoms with Gasteiger partial charge in [-0.2, -0.15) is 5.10 Å². The molecule has 0 aromatic carbocycles. The summed E-state index contributed by atoms with van der Waals surface area (Å²) in [5.74, 6) is -1.39. The summed E-state index contributed by atoms with van der Waals surface area (Å²) < 4.78 is 1.70. The lowest BCUT2D eigenvalue weighted by atomic mass is 10.2. The summed E-state index contributed by atoms with van der Waals surface area (Å²) in [6, 6.07) is 3.15. The van der Waals surface area contributed by atoms with Crippen LogP contribution in [0.1, 0.15) is 23.0 Å². The van der Waals surface area contributed by atoms with Gasteiger partial charge in [0.05, 0.1) is 11.9 Å². The first kappa shape index (κ1) is 14.4. The van der Waals surface area contributed by atoms with Gasteiger partial charge in [-0.15, -0.1) is 0 Å². The molecule has 0 bridgehead atoms. The van der Waals surface area contributed by atoms with Crippen LogP contribution in [-0.4, -0.2) is 31.7 Å². The average Bonchev–Trinajstić information content (AvgIpc) is 2.93. The SMILES string of the molecule is CCn1cc(NC(=O)c2ccc(C=CC(=O)O)cn2)cn1. The molecule has 0 aliphatic carbocycles. The molecular weight excluding hydrogens is 272 g/mol. The first-order valence-corrected chi connectivity index (χ1v) is 6.29. The van der Waals surface area contributed by atoms with E-state index in [1.165, 1.54) is 18.3 Å².